The monoisotopic (exact) mass is 497 g/mol. The number of rotatable bonds is 6. The number of nitrogens with one attached hydrogen (secondary N) is 1. The minimum atomic E-state index is -0.543. The van der Waals surface area contributed by atoms with Crippen LogP contribution in [0, 0.1) is 6.92 Å². The van der Waals surface area contributed by atoms with E-state index in [1.807, 2.05) is 54.2 Å². The normalized spacial score (nSPS) is 15.7. The summed E-state index contributed by atoms with van der Waals surface area (Å²) < 4.78 is 1.89. The van der Waals surface area contributed by atoms with Crippen molar-refractivity contribution in [3.05, 3.63) is 83.6 Å². The van der Waals surface area contributed by atoms with Crippen molar-refractivity contribution >= 4 is 23.8 Å². The third kappa shape index (κ3) is 6.14. The number of hydrogen-bond acceptors (Lipinski definition) is 4. The Labute approximate surface area is 216 Å². The molecule has 1 aliphatic heterocycles. The van der Waals surface area contributed by atoms with E-state index in [0.29, 0.717) is 32.7 Å². The Bertz CT molecular complexity index is 1300. The van der Waals surface area contributed by atoms with Gasteiger partial charge in [-0.1, -0.05) is 60.2 Å². The van der Waals surface area contributed by atoms with Crippen molar-refractivity contribution in [1.29, 1.82) is 0 Å². The van der Waals surface area contributed by atoms with Gasteiger partial charge < -0.3 is 15.1 Å². The molecule has 8 heteroatoms. The Kier molecular flexibility index (Phi) is 7.16. The number of hydrogen-bond donors (Lipinski definition) is 1. The molecule has 0 spiro atoms. The van der Waals surface area contributed by atoms with Gasteiger partial charge in [-0.2, -0.15) is 5.10 Å². The van der Waals surface area contributed by atoms with Crippen LogP contribution in [0.5, 0.6) is 0 Å². The molecule has 2 fully saturated rings. The fourth-order valence-corrected chi connectivity index (χ4v) is 4.36. The number of aryl methyl sites for hydroxylation is 1. The Morgan fingerprint density at radius 2 is 1.62 bits per heavy atom. The molecule has 1 aliphatic carbocycles. The molecule has 2 heterocycles. The summed E-state index contributed by atoms with van der Waals surface area (Å²) in [5.74, 6) is -1.18. The minimum absolute atomic E-state index is 0.125. The average Bonchev–Trinajstić information content (AvgIpc) is 3.65. The van der Waals surface area contributed by atoms with Gasteiger partial charge in [-0.25, -0.2) is 0 Å². The Morgan fingerprint density at radius 1 is 0.946 bits per heavy atom. The summed E-state index contributed by atoms with van der Waals surface area (Å²) in [7, 11) is 0. The minimum Gasteiger partial charge on any atom is -0.345 e. The van der Waals surface area contributed by atoms with Gasteiger partial charge in [0.1, 0.15) is 0 Å². The number of amides is 3. The number of aromatic nitrogens is 2. The van der Waals surface area contributed by atoms with Gasteiger partial charge >= 0.3 is 11.8 Å². The second kappa shape index (κ2) is 10.8. The van der Waals surface area contributed by atoms with Crippen LogP contribution in [-0.4, -0.2) is 69.5 Å². The molecule has 1 aromatic heterocycles. The van der Waals surface area contributed by atoms with E-state index < -0.39 is 11.8 Å². The lowest BCUT2D eigenvalue weighted by Gasteiger charge is -2.33. The summed E-state index contributed by atoms with van der Waals surface area (Å²) in [5.41, 5.74) is 4.98. The third-order valence-electron chi connectivity index (χ3n) is 6.69. The number of carbonyl (C=O) groups is 3. The Morgan fingerprint density at radius 3 is 2.30 bits per heavy atom. The van der Waals surface area contributed by atoms with E-state index in [4.69, 9.17) is 5.10 Å². The highest BCUT2D eigenvalue weighted by molar-refractivity contribution is 6.35. The van der Waals surface area contributed by atoms with Gasteiger partial charge in [0.05, 0.1) is 12.2 Å². The molecular formula is C29H31N5O3. The van der Waals surface area contributed by atoms with E-state index in [-0.39, 0.29) is 11.9 Å². The fourth-order valence-electron chi connectivity index (χ4n) is 4.36. The number of benzene rings is 2. The first kappa shape index (κ1) is 24.5. The van der Waals surface area contributed by atoms with Crippen molar-refractivity contribution in [1.82, 2.24) is 24.9 Å². The molecule has 2 aromatic carbocycles. The maximum atomic E-state index is 13.0. The van der Waals surface area contributed by atoms with Gasteiger partial charge in [0.15, 0.2) is 0 Å². The second-order valence-corrected chi connectivity index (χ2v) is 9.68. The molecule has 37 heavy (non-hydrogen) atoms. The lowest BCUT2D eigenvalue weighted by molar-refractivity contribution is -0.148. The smallest absolute Gasteiger partial charge is 0.312 e. The highest BCUT2D eigenvalue weighted by Gasteiger charge is 2.31. The van der Waals surface area contributed by atoms with Gasteiger partial charge in [0.25, 0.3) is 0 Å². The summed E-state index contributed by atoms with van der Waals surface area (Å²) in [6, 6.07) is 18.5. The number of piperazine rings is 1. The fraction of sp³-hybridized carbons (Fsp3) is 0.310. The first-order chi connectivity index (χ1) is 18.0. The van der Waals surface area contributed by atoms with Crippen molar-refractivity contribution in [2.75, 3.05) is 26.2 Å². The van der Waals surface area contributed by atoms with Crippen LogP contribution in [0.4, 0.5) is 0 Å². The van der Waals surface area contributed by atoms with Crippen molar-refractivity contribution in [2.45, 2.75) is 32.4 Å². The van der Waals surface area contributed by atoms with Gasteiger partial charge in [-0.15, -0.1) is 0 Å². The quantitative estimate of drug-likeness (QED) is 0.419. The summed E-state index contributed by atoms with van der Waals surface area (Å²) in [6.07, 6.45) is 7.21. The molecule has 190 valence electrons. The van der Waals surface area contributed by atoms with Gasteiger partial charge in [0, 0.05) is 55.6 Å². The van der Waals surface area contributed by atoms with Crippen LogP contribution < -0.4 is 5.32 Å². The van der Waals surface area contributed by atoms with Gasteiger partial charge in [-0.05, 0) is 31.4 Å². The predicted octanol–water partition coefficient (Wildman–Crippen LogP) is 2.87. The Balaban J connectivity index is 1.26. The molecule has 2 aliphatic rings. The summed E-state index contributed by atoms with van der Waals surface area (Å²) in [4.78, 5) is 40.6. The second-order valence-electron chi connectivity index (χ2n) is 9.68. The lowest BCUT2D eigenvalue weighted by Crippen LogP contribution is -2.53. The molecule has 8 nitrogen and oxygen atoms in total. The first-order valence-electron chi connectivity index (χ1n) is 12.7. The van der Waals surface area contributed by atoms with Crippen LogP contribution in [0.25, 0.3) is 17.3 Å². The molecule has 1 saturated heterocycles. The molecule has 0 bridgehead atoms. The molecule has 0 radical (unpaired) electrons. The molecule has 1 N–H and O–H groups in total. The van der Waals surface area contributed by atoms with Crippen molar-refractivity contribution in [2.24, 2.45) is 0 Å². The molecule has 5 rings (SSSR count). The topological polar surface area (TPSA) is 87.5 Å². The third-order valence-corrected chi connectivity index (χ3v) is 6.69. The summed E-state index contributed by atoms with van der Waals surface area (Å²) in [6.45, 7) is 4.16. The zero-order chi connectivity index (χ0) is 25.8. The van der Waals surface area contributed by atoms with E-state index in [1.165, 1.54) is 10.5 Å². The van der Waals surface area contributed by atoms with Crippen LogP contribution in [0.15, 0.2) is 66.9 Å². The molecule has 3 amide bonds. The van der Waals surface area contributed by atoms with Gasteiger partial charge in [0.2, 0.25) is 5.91 Å². The zero-order valence-corrected chi connectivity index (χ0v) is 21.0. The van der Waals surface area contributed by atoms with Crippen molar-refractivity contribution in [3.63, 3.8) is 0 Å². The molecular weight excluding hydrogens is 466 g/mol. The summed E-state index contributed by atoms with van der Waals surface area (Å²) >= 11 is 0. The van der Waals surface area contributed by atoms with Crippen LogP contribution in [0.2, 0.25) is 0 Å². The zero-order valence-electron chi connectivity index (χ0n) is 21.0. The predicted molar refractivity (Wildman–Crippen MR) is 141 cm³/mol. The SMILES string of the molecule is Cc1ccc(-c2nn(Cc3ccccc3)cc2C=CC(=O)N2CCN(C(=O)C(=O)NC3CC3)CC2)cc1. The first-order valence-corrected chi connectivity index (χ1v) is 12.7. The van der Waals surface area contributed by atoms with E-state index in [0.717, 1.165) is 35.2 Å². The molecule has 0 atom stereocenters. The maximum absolute atomic E-state index is 13.0. The standard InChI is InChI=1S/C29H31N5O3/c1-21-7-9-23(10-8-21)27-24(20-34(31-27)19-22-5-3-2-4-6-22)11-14-26(35)32-15-17-33(18-16-32)29(37)28(36)30-25-12-13-25/h2-11,14,20,25H,12-13,15-19H2,1H3,(H,30,36). The van der Waals surface area contributed by atoms with Crippen molar-refractivity contribution < 1.29 is 14.4 Å². The maximum Gasteiger partial charge on any atom is 0.312 e. The van der Waals surface area contributed by atoms with Crippen molar-refractivity contribution in [3.8, 4) is 11.3 Å². The van der Waals surface area contributed by atoms with E-state index >= 15 is 0 Å². The highest BCUT2D eigenvalue weighted by atomic mass is 16.2. The molecule has 1 saturated carbocycles. The largest absolute Gasteiger partial charge is 0.345 e. The lowest BCUT2D eigenvalue weighted by atomic mass is 10.1. The highest BCUT2D eigenvalue weighted by Crippen LogP contribution is 2.24. The van der Waals surface area contributed by atoms with Crippen LogP contribution in [0.1, 0.15) is 29.5 Å². The van der Waals surface area contributed by atoms with Crippen LogP contribution in [0.3, 0.4) is 0 Å². The van der Waals surface area contributed by atoms with E-state index in [1.54, 1.807) is 11.0 Å². The average molecular weight is 498 g/mol. The van der Waals surface area contributed by atoms with Crippen LogP contribution >= 0.6 is 0 Å². The number of carbonyl (C=O) groups excluding carboxylic acids is 3. The molecule has 0 unspecified atom stereocenters. The van der Waals surface area contributed by atoms with Gasteiger partial charge in [-0.3, -0.25) is 19.1 Å². The summed E-state index contributed by atoms with van der Waals surface area (Å²) in [5, 5.41) is 7.56. The van der Waals surface area contributed by atoms with Crippen LogP contribution in [-0.2, 0) is 20.9 Å². The van der Waals surface area contributed by atoms with E-state index in [2.05, 4.69) is 29.6 Å². The number of nitrogens with zero attached hydrogens (tertiary/aromatic N) is 4. The van der Waals surface area contributed by atoms with E-state index in [9.17, 15) is 14.4 Å². The molecule has 3 aromatic rings. The Hall–Kier alpha value is -4.20.